The van der Waals surface area contributed by atoms with E-state index >= 15 is 0 Å². The number of alkyl halides is 1. The lowest BCUT2D eigenvalue weighted by Crippen LogP contribution is -1.88. The van der Waals surface area contributed by atoms with Crippen molar-refractivity contribution in [1.82, 2.24) is 10.2 Å². The van der Waals surface area contributed by atoms with Gasteiger partial charge in [0, 0.05) is 11.5 Å². The highest BCUT2D eigenvalue weighted by Gasteiger charge is 2.15. The molecule has 0 aliphatic heterocycles. The molecule has 0 unspecified atom stereocenters. The van der Waals surface area contributed by atoms with Crippen LogP contribution in [0.4, 0.5) is 5.69 Å². The molecule has 0 saturated heterocycles. The Morgan fingerprint density at radius 1 is 1.56 bits per heavy atom. The van der Waals surface area contributed by atoms with Gasteiger partial charge in [0.15, 0.2) is 5.52 Å². The number of nitro groups is 1. The van der Waals surface area contributed by atoms with Crippen molar-refractivity contribution in [3.05, 3.63) is 34.0 Å². The molecule has 2 aromatic rings. The summed E-state index contributed by atoms with van der Waals surface area (Å²) in [5.41, 5.74) is 0.818. The molecular formula is C10H6ClN3O2. The smallest absolute Gasteiger partial charge is 0.268 e. The minimum Gasteiger partial charge on any atom is -0.268 e. The van der Waals surface area contributed by atoms with Crippen molar-refractivity contribution in [2.24, 2.45) is 0 Å². The summed E-state index contributed by atoms with van der Waals surface area (Å²) in [6.07, 6.45) is 0. The van der Waals surface area contributed by atoms with E-state index in [1.54, 1.807) is 12.1 Å². The topological polar surface area (TPSA) is 71.8 Å². The number of non-ortho nitro benzene ring substituents is 1. The first kappa shape index (κ1) is 10.5. The number of rotatable bonds is 1. The highest BCUT2D eigenvalue weighted by atomic mass is 35.5. The molecule has 6 heteroatoms. The van der Waals surface area contributed by atoms with Crippen LogP contribution in [0.3, 0.4) is 0 Å². The molecule has 1 N–H and O–H groups in total. The van der Waals surface area contributed by atoms with Crippen LogP contribution in [0.1, 0.15) is 5.69 Å². The fraction of sp³-hybridized carbons (Fsp3) is 0.100. The van der Waals surface area contributed by atoms with E-state index in [1.165, 1.54) is 6.07 Å². The average Bonchev–Trinajstić information content (AvgIpc) is 2.69. The van der Waals surface area contributed by atoms with Gasteiger partial charge in [-0.15, -0.1) is 11.6 Å². The molecule has 0 bridgehead atoms. The number of nitrogens with zero attached hydrogens (tertiary/aromatic N) is 2. The van der Waals surface area contributed by atoms with E-state index in [9.17, 15) is 10.1 Å². The zero-order chi connectivity index (χ0) is 11.5. The quantitative estimate of drug-likeness (QED) is 0.356. The highest BCUT2D eigenvalue weighted by molar-refractivity contribution is 6.19. The van der Waals surface area contributed by atoms with E-state index in [2.05, 4.69) is 22.0 Å². The molecule has 0 saturated carbocycles. The number of nitrogens with one attached hydrogen (secondary N) is 1. The summed E-state index contributed by atoms with van der Waals surface area (Å²) in [4.78, 5) is 10.3. The SMILES string of the molecule is O=[N+]([O-])c1cccc2c(C#CCCl)[nH]nc12. The summed E-state index contributed by atoms with van der Waals surface area (Å²) in [6, 6.07) is 4.73. The first-order valence-corrected chi connectivity index (χ1v) is 4.94. The van der Waals surface area contributed by atoms with Crippen LogP contribution in [0.2, 0.25) is 0 Å². The summed E-state index contributed by atoms with van der Waals surface area (Å²) >= 11 is 5.44. The van der Waals surface area contributed by atoms with Gasteiger partial charge in [-0.3, -0.25) is 15.2 Å². The molecule has 0 amide bonds. The van der Waals surface area contributed by atoms with Gasteiger partial charge in [0.05, 0.1) is 10.8 Å². The van der Waals surface area contributed by atoms with Gasteiger partial charge in [-0.2, -0.15) is 5.10 Å². The zero-order valence-corrected chi connectivity index (χ0v) is 8.78. The fourth-order valence-corrected chi connectivity index (χ4v) is 1.45. The molecule has 80 valence electrons. The van der Waals surface area contributed by atoms with Crippen LogP contribution in [-0.2, 0) is 0 Å². The lowest BCUT2D eigenvalue weighted by molar-refractivity contribution is -0.383. The predicted molar refractivity (Wildman–Crippen MR) is 60.3 cm³/mol. The van der Waals surface area contributed by atoms with E-state index in [0.29, 0.717) is 16.6 Å². The summed E-state index contributed by atoms with van der Waals surface area (Å²) in [5, 5.41) is 17.9. The Kier molecular flexibility index (Phi) is 2.75. The molecule has 0 fully saturated rings. The van der Waals surface area contributed by atoms with Crippen molar-refractivity contribution in [1.29, 1.82) is 0 Å². The van der Waals surface area contributed by atoms with Crippen molar-refractivity contribution >= 4 is 28.2 Å². The maximum absolute atomic E-state index is 10.7. The van der Waals surface area contributed by atoms with E-state index in [0.717, 1.165) is 0 Å². The number of H-pyrrole nitrogens is 1. The van der Waals surface area contributed by atoms with Crippen LogP contribution in [-0.4, -0.2) is 21.0 Å². The fourth-order valence-electron chi connectivity index (χ4n) is 1.39. The van der Waals surface area contributed by atoms with Gasteiger partial charge in [-0.25, -0.2) is 0 Å². The molecule has 0 radical (unpaired) electrons. The average molecular weight is 236 g/mol. The second-order valence-electron chi connectivity index (χ2n) is 2.96. The Morgan fingerprint density at radius 3 is 3.06 bits per heavy atom. The molecule has 1 aromatic heterocycles. The summed E-state index contributed by atoms with van der Waals surface area (Å²) in [5.74, 6) is 5.63. The van der Waals surface area contributed by atoms with E-state index < -0.39 is 4.92 Å². The third kappa shape index (κ3) is 1.71. The molecule has 1 heterocycles. The predicted octanol–water partition coefficient (Wildman–Crippen LogP) is 2.06. The maximum atomic E-state index is 10.7. The van der Waals surface area contributed by atoms with Gasteiger partial charge in [0.2, 0.25) is 0 Å². The van der Waals surface area contributed by atoms with Gasteiger partial charge in [0.1, 0.15) is 5.69 Å². The summed E-state index contributed by atoms with van der Waals surface area (Å²) in [6.45, 7) is 0. The molecule has 0 spiro atoms. The Balaban J connectivity index is 2.66. The van der Waals surface area contributed by atoms with E-state index in [-0.39, 0.29) is 11.6 Å². The van der Waals surface area contributed by atoms with Gasteiger partial charge in [-0.1, -0.05) is 12.0 Å². The van der Waals surface area contributed by atoms with Crippen molar-refractivity contribution in [2.45, 2.75) is 0 Å². The number of fused-ring (bicyclic) bond motifs is 1. The van der Waals surface area contributed by atoms with Crippen molar-refractivity contribution in [3.8, 4) is 11.8 Å². The number of aromatic amines is 1. The molecule has 0 aliphatic rings. The zero-order valence-electron chi connectivity index (χ0n) is 8.03. The summed E-state index contributed by atoms with van der Waals surface area (Å²) in [7, 11) is 0. The van der Waals surface area contributed by atoms with Crippen LogP contribution < -0.4 is 0 Å². The lowest BCUT2D eigenvalue weighted by atomic mass is 10.2. The van der Waals surface area contributed by atoms with Crippen molar-refractivity contribution in [3.63, 3.8) is 0 Å². The number of hydrogen-bond acceptors (Lipinski definition) is 3. The molecule has 16 heavy (non-hydrogen) atoms. The first-order valence-electron chi connectivity index (χ1n) is 4.40. The normalized spacial score (nSPS) is 9.81. The Labute approximate surface area is 95.6 Å². The molecule has 5 nitrogen and oxygen atoms in total. The molecule has 0 atom stereocenters. The van der Waals surface area contributed by atoms with Crippen LogP contribution in [0.25, 0.3) is 10.9 Å². The minimum atomic E-state index is -0.470. The number of aromatic nitrogens is 2. The standard InChI is InChI=1S/C10H6ClN3O2/c11-6-2-4-8-7-3-1-5-9(14(15)16)10(7)13-12-8/h1,3,5H,6H2,(H,12,13). The first-order chi connectivity index (χ1) is 7.74. The van der Waals surface area contributed by atoms with E-state index in [4.69, 9.17) is 11.6 Å². The van der Waals surface area contributed by atoms with Gasteiger partial charge in [0.25, 0.3) is 5.69 Å². The third-order valence-corrected chi connectivity index (χ3v) is 2.17. The minimum absolute atomic E-state index is 0.0346. The third-order valence-electron chi connectivity index (χ3n) is 2.04. The molecule has 2 rings (SSSR count). The second kappa shape index (κ2) is 4.21. The van der Waals surface area contributed by atoms with E-state index in [1.807, 2.05) is 0 Å². The molecule has 1 aromatic carbocycles. The number of halogens is 1. The van der Waals surface area contributed by atoms with Gasteiger partial charge >= 0.3 is 0 Å². The van der Waals surface area contributed by atoms with Crippen molar-refractivity contribution < 1.29 is 4.92 Å². The maximum Gasteiger partial charge on any atom is 0.297 e. The number of para-hydroxylation sites is 1. The van der Waals surface area contributed by atoms with Gasteiger partial charge in [-0.05, 0) is 12.0 Å². The Hall–Kier alpha value is -2.06. The second-order valence-corrected chi connectivity index (χ2v) is 3.23. The van der Waals surface area contributed by atoms with Crippen LogP contribution in [0.15, 0.2) is 18.2 Å². The van der Waals surface area contributed by atoms with Gasteiger partial charge < -0.3 is 0 Å². The number of nitro benzene ring substituents is 1. The molecular weight excluding hydrogens is 230 g/mol. The van der Waals surface area contributed by atoms with Crippen LogP contribution in [0, 0.1) is 22.0 Å². The Bertz CT molecular complexity index is 609. The largest absolute Gasteiger partial charge is 0.297 e. The summed E-state index contributed by atoms with van der Waals surface area (Å²) < 4.78 is 0. The van der Waals surface area contributed by atoms with Crippen molar-refractivity contribution in [2.75, 3.05) is 5.88 Å². The monoisotopic (exact) mass is 235 g/mol. The number of hydrogen-bond donors (Lipinski definition) is 1. The van der Waals surface area contributed by atoms with Crippen LogP contribution >= 0.6 is 11.6 Å². The highest BCUT2D eigenvalue weighted by Crippen LogP contribution is 2.24. The number of benzene rings is 1. The lowest BCUT2D eigenvalue weighted by Gasteiger charge is -1.91. The molecule has 0 aliphatic carbocycles. The Morgan fingerprint density at radius 2 is 2.38 bits per heavy atom. The van der Waals surface area contributed by atoms with Crippen LogP contribution in [0.5, 0.6) is 0 Å².